The van der Waals surface area contributed by atoms with Crippen molar-refractivity contribution in [3.8, 4) is 5.75 Å². The maximum Gasteiger partial charge on any atom is 0.200 e. The first-order valence-electron chi connectivity index (χ1n) is 6.58. The smallest absolute Gasteiger partial charge is 0.200 e. The summed E-state index contributed by atoms with van der Waals surface area (Å²) in [6.45, 7) is 0.758. The summed E-state index contributed by atoms with van der Waals surface area (Å²) in [6.07, 6.45) is 0.875. The molecule has 0 saturated heterocycles. The Labute approximate surface area is 119 Å². The molecule has 0 unspecified atom stereocenters. The van der Waals surface area contributed by atoms with E-state index in [4.69, 9.17) is 9.47 Å². The maximum atomic E-state index is 11.9. The molecule has 3 nitrogen and oxygen atoms in total. The van der Waals surface area contributed by atoms with Crippen LogP contribution in [0.2, 0.25) is 0 Å². The summed E-state index contributed by atoms with van der Waals surface area (Å²) in [7, 11) is 1.69. The first kappa shape index (κ1) is 14.3. The lowest BCUT2D eigenvalue weighted by Gasteiger charge is -2.07. The van der Waals surface area contributed by atoms with Crippen molar-refractivity contribution in [3.63, 3.8) is 0 Å². The highest BCUT2D eigenvalue weighted by atomic mass is 16.5. The zero-order chi connectivity index (χ0) is 14.2. The van der Waals surface area contributed by atoms with Crippen molar-refractivity contribution in [1.29, 1.82) is 0 Å². The Morgan fingerprint density at radius 3 is 2.35 bits per heavy atom. The lowest BCUT2D eigenvalue weighted by molar-refractivity contribution is 0.0921. The van der Waals surface area contributed by atoms with Crippen LogP contribution in [0.25, 0.3) is 0 Å². The monoisotopic (exact) mass is 270 g/mol. The maximum absolute atomic E-state index is 11.9. The van der Waals surface area contributed by atoms with E-state index in [9.17, 15) is 4.79 Å². The van der Waals surface area contributed by atoms with Crippen molar-refractivity contribution in [3.05, 3.63) is 65.7 Å². The van der Waals surface area contributed by atoms with Gasteiger partial charge < -0.3 is 9.47 Å². The SMILES string of the molecule is COCCc1ccc(OCC(=O)c2ccccc2)cc1. The molecule has 104 valence electrons. The standard InChI is InChI=1S/C17H18O3/c1-19-12-11-14-7-9-16(10-8-14)20-13-17(18)15-5-3-2-4-6-15/h2-10H,11-13H2,1H3. The molecule has 0 spiro atoms. The fraction of sp³-hybridized carbons (Fsp3) is 0.235. The minimum Gasteiger partial charge on any atom is -0.485 e. The zero-order valence-electron chi connectivity index (χ0n) is 11.5. The van der Waals surface area contributed by atoms with Gasteiger partial charge in [-0.05, 0) is 24.1 Å². The van der Waals surface area contributed by atoms with Crippen LogP contribution in [0.1, 0.15) is 15.9 Å². The van der Waals surface area contributed by atoms with Crippen molar-refractivity contribution in [1.82, 2.24) is 0 Å². The van der Waals surface area contributed by atoms with Crippen LogP contribution in [0, 0.1) is 0 Å². The Bertz CT molecular complexity index is 532. The second kappa shape index (κ2) is 7.46. The van der Waals surface area contributed by atoms with Crippen LogP contribution in [-0.4, -0.2) is 26.1 Å². The lowest BCUT2D eigenvalue weighted by Crippen LogP contribution is -2.11. The number of benzene rings is 2. The summed E-state index contributed by atoms with van der Waals surface area (Å²) in [5.41, 5.74) is 1.86. The van der Waals surface area contributed by atoms with Gasteiger partial charge in [-0.1, -0.05) is 42.5 Å². The van der Waals surface area contributed by atoms with Gasteiger partial charge in [-0.15, -0.1) is 0 Å². The zero-order valence-corrected chi connectivity index (χ0v) is 11.5. The predicted molar refractivity (Wildman–Crippen MR) is 78.3 cm³/mol. The van der Waals surface area contributed by atoms with E-state index in [0.29, 0.717) is 17.9 Å². The number of ether oxygens (including phenoxy) is 2. The van der Waals surface area contributed by atoms with Crippen LogP contribution in [0.5, 0.6) is 5.75 Å². The summed E-state index contributed by atoms with van der Waals surface area (Å²) >= 11 is 0. The van der Waals surface area contributed by atoms with Gasteiger partial charge >= 0.3 is 0 Å². The molecular weight excluding hydrogens is 252 g/mol. The topological polar surface area (TPSA) is 35.5 Å². The summed E-state index contributed by atoms with van der Waals surface area (Å²) in [6, 6.07) is 16.9. The third-order valence-electron chi connectivity index (χ3n) is 2.98. The van der Waals surface area contributed by atoms with E-state index in [1.807, 2.05) is 42.5 Å². The van der Waals surface area contributed by atoms with Crippen molar-refractivity contribution >= 4 is 5.78 Å². The highest BCUT2D eigenvalue weighted by molar-refractivity contribution is 5.97. The molecule has 2 rings (SSSR count). The van der Waals surface area contributed by atoms with Gasteiger partial charge in [0.15, 0.2) is 12.4 Å². The molecule has 0 aromatic heterocycles. The van der Waals surface area contributed by atoms with Gasteiger partial charge in [0.1, 0.15) is 5.75 Å². The first-order chi connectivity index (χ1) is 9.79. The molecule has 2 aromatic carbocycles. The molecule has 0 amide bonds. The molecule has 0 atom stereocenters. The third-order valence-corrected chi connectivity index (χ3v) is 2.98. The average molecular weight is 270 g/mol. The van der Waals surface area contributed by atoms with Gasteiger partial charge in [-0.3, -0.25) is 4.79 Å². The van der Waals surface area contributed by atoms with Crippen molar-refractivity contribution in [2.24, 2.45) is 0 Å². The van der Waals surface area contributed by atoms with E-state index in [0.717, 1.165) is 6.42 Å². The normalized spacial score (nSPS) is 10.2. The number of carbonyl (C=O) groups excluding carboxylic acids is 1. The van der Waals surface area contributed by atoms with Gasteiger partial charge in [-0.25, -0.2) is 0 Å². The highest BCUT2D eigenvalue weighted by Gasteiger charge is 2.05. The van der Waals surface area contributed by atoms with Crippen LogP contribution in [-0.2, 0) is 11.2 Å². The van der Waals surface area contributed by atoms with Crippen LogP contribution in [0.4, 0.5) is 0 Å². The average Bonchev–Trinajstić information content (AvgIpc) is 2.52. The Morgan fingerprint density at radius 1 is 1.00 bits per heavy atom. The lowest BCUT2D eigenvalue weighted by atomic mass is 10.1. The molecule has 2 aromatic rings. The van der Waals surface area contributed by atoms with Crippen LogP contribution < -0.4 is 4.74 Å². The van der Waals surface area contributed by atoms with E-state index in [2.05, 4.69) is 0 Å². The molecule has 0 aliphatic heterocycles. The Morgan fingerprint density at radius 2 is 1.70 bits per heavy atom. The Balaban J connectivity index is 1.86. The van der Waals surface area contributed by atoms with Crippen LogP contribution >= 0.6 is 0 Å². The number of carbonyl (C=O) groups is 1. The molecule has 0 fully saturated rings. The van der Waals surface area contributed by atoms with E-state index in [1.165, 1.54) is 5.56 Å². The second-order valence-electron chi connectivity index (χ2n) is 4.46. The predicted octanol–water partition coefficient (Wildman–Crippen LogP) is 3.14. The van der Waals surface area contributed by atoms with Crippen LogP contribution in [0.15, 0.2) is 54.6 Å². The molecule has 0 heterocycles. The van der Waals surface area contributed by atoms with E-state index in [1.54, 1.807) is 19.2 Å². The third kappa shape index (κ3) is 4.21. The Hall–Kier alpha value is -2.13. The van der Waals surface area contributed by atoms with Crippen molar-refractivity contribution in [2.75, 3.05) is 20.3 Å². The number of methoxy groups -OCH3 is 1. The number of hydrogen-bond acceptors (Lipinski definition) is 3. The largest absolute Gasteiger partial charge is 0.485 e. The molecule has 20 heavy (non-hydrogen) atoms. The molecule has 0 N–H and O–H groups in total. The number of hydrogen-bond donors (Lipinski definition) is 0. The number of rotatable bonds is 7. The van der Waals surface area contributed by atoms with E-state index >= 15 is 0 Å². The highest BCUT2D eigenvalue weighted by Crippen LogP contribution is 2.13. The van der Waals surface area contributed by atoms with Crippen LogP contribution in [0.3, 0.4) is 0 Å². The fourth-order valence-electron chi connectivity index (χ4n) is 1.83. The number of ketones is 1. The molecule has 0 radical (unpaired) electrons. The molecule has 0 aliphatic rings. The minimum absolute atomic E-state index is 0.0194. The molecular formula is C17H18O3. The minimum atomic E-state index is -0.0194. The van der Waals surface area contributed by atoms with Gasteiger partial charge in [0.25, 0.3) is 0 Å². The molecule has 0 aliphatic carbocycles. The molecule has 0 saturated carbocycles. The Kier molecular flexibility index (Phi) is 5.33. The summed E-state index contributed by atoms with van der Waals surface area (Å²) in [5.74, 6) is 0.685. The number of Topliss-reactive ketones (excluding diaryl/α,β-unsaturated/α-hetero) is 1. The molecule has 0 bridgehead atoms. The van der Waals surface area contributed by atoms with Gasteiger partial charge in [0.2, 0.25) is 0 Å². The fourth-order valence-corrected chi connectivity index (χ4v) is 1.83. The van der Waals surface area contributed by atoms with E-state index < -0.39 is 0 Å². The summed E-state index contributed by atoms with van der Waals surface area (Å²) in [4.78, 5) is 11.9. The van der Waals surface area contributed by atoms with Crippen molar-refractivity contribution in [2.45, 2.75) is 6.42 Å². The van der Waals surface area contributed by atoms with Gasteiger partial charge in [-0.2, -0.15) is 0 Å². The van der Waals surface area contributed by atoms with Gasteiger partial charge in [0, 0.05) is 12.7 Å². The second-order valence-corrected chi connectivity index (χ2v) is 4.46. The first-order valence-corrected chi connectivity index (χ1v) is 6.58. The summed E-state index contributed by atoms with van der Waals surface area (Å²) < 4.78 is 10.5. The van der Waals surface area contributed by atoms with Gasteiger partial charge in [0.05, 0.1) is 6.61 Å². The van der Waals surface area contributed by atoms with E-state index in [-0.39, 0.29) is 12.4 Å². The molecule has 3 heteroatoms. The summed E-state index contributed by atoms with van der Waals surface area (Å²) in [5, 5.41) is 0. The quantitative estimate of drug-likeness (QED) is 0.725. The van der Waals surface area contributed by atoms with Crippen molar-refractivity contribution < 1.29 is 14.3 Å².